The van der Waals surface area contributed by atoms with Gasteiger partial charge in [0.05, 0.1) is 5.56 Å². The molecule has 2 rings (SSSR count). The number of carbonyl (C=O) groups is 2. The lowest BCUT2D eigenvalue weighted by molar-refractivity contribution is 0.0474. The van der Waals surface area contributed by atoms with Gasteiger partial charge in [-0.05, 0) is 37.6 Å². The second-order valence-corrected chi connectivity index (χ2v) is 5.02. The smallest absolute Gasteiger partial charge is 0.341 e. The van der Waals surface area contributed by atoms with Gasteiger partial charge in [0.2, 0.25) is 5.78 Å². The molecule has 0 radical (unpaired) electrons. The number of esters is 1. The molecule has 108 valence electrons. The van der Waals surface area contributed by atoms with E-state index in [1.807, 2.05) is 26.0 Å². The van der Waals surface area contributed by atoms with E-state index in [9.17, 15) is 9.59 Å². The van der Waals surface area contributed by atoms with Crippen molar-refractivity contribution in [3.05, 3.63) is 63.9 Å². The van der Waals surface area contributed by atoms with Gasteiger partial charge in [-0.3, -0.25) is 4.79 Å². The van der Waals surface area contributed by atoms with Gasteiger partial charge in [-0.15, -0.1) is 0 Å². The fraction of sp³-hybridized carbons (Fsp3) is 0.188. The maximum atomic E-state index is 12.1. The van der Waals surface area contributed by atoms with Crippen molar-refractivity contribution in [1.29, 1.82) is 0 Å². The van der Waals surface area contributed by atoms with Gasteiger partial charge in [-0.25, -0.2) is 9.78 Å². The highest BCUT2D eigenvalue weighted by Gasteiger charge is 2.16. The topological polar surface area (TPSA) is 56.3 Å². The van der Waals surface area contributed by atoms with Gasteiger partial charge in [-0.1, -0.05) is 29.3 Å². The van der Waals surface area contributed by atoms with Crippen LogP contribution in [0.25, 0.3) is 0 Å². The third-order valence-corrected chi connectivity index (χ3v) is 3.31. The van der Waals surface area contributed by atoms with E-state index in [4.69, 9.17) is 16.3 Å². The second-order valence-electron chi connectivity index (χ2n) is 4.66. The van der Waals surface area contributed by atoms with Crippen LogP contribution in [0.1, 0.15) is 31.8 Å². The van der Waals surface area contributed by atoms with Crippen molar-refractivity contribution in [1.82, 2.24) is 4.98 Å². The van der Waals surface area contributed by atoms with Gasteiger partial charge >= 0.3 is 5.97 Å². The predicted molar refractivity (Wildman–Crippen MR) is 79.8 cm³/mol. The molecule has 0 saturated carbocycles. The SMILES string of the molecule is Cc1ccc(C)c(C(=O)COC(=O)c2cccnc2Cl)c1. The van der Waals surface area contributed by atoms with Gasteiger partial charge in [-0.2, -0.15) is 0 Å². The Morgan fingerprint density at radius 1 is 1.19 bits per heavy atom. The summed E-state index contributed by atoms with van der Waals surface area (Å²) in [6, 6.07) is 8.65. The number of carbonyl (C=O) groups excluding carboxylic acids is 2. The average molecular weight is 304 g/mol. The first-order valence-corrected chi connectivity index (χ1v) is 6.75. The van der Waals surface area contributed by atoms with Crippen molar-refractivity contribution >= 4 is 23.4 Å². The van der Waals surface area contributed by atoms with Crippen LogP contribution in [-0.2, 0) is 4.74 Å². The summed E-state index contributed by atoms with van der Waals surface area (Å²) in [7, 11) is 0. The Bertz CT molecular complexity index is 698. The molecule has 4 nitrogen and oxygen atoms in total. The number of benzene rings is 1. The van der Waals surface area contributed by atoms with E-state index in [1.165, 1.54) is 12.3 Å². The fourth-order valence-corrected chi connectivity index (χ4v) is 2.06. The summed E-state index contributed by atoms with van der Waals surface area (Å²) in [5, 5.41) is 0.0571. The molecule has 0 N–H and O–H groups in total. The van der Waals surface area contributed by atoms with Crippen molar-refractivity contribution in [2.75, 3.05) is 6.61 Å². The molecule has 0 atom stereocenters. The molecule has 0 amide bonds. The number of rotatable bonds is 4. The highest BCUT2D eigenvalue weighted by Crippen LogP contribution is 2.14. The fourth-order valence-electron chi connectivity index (χ4n) is 1.86. The van der Waals surface area contributed by atoms with Crippen molar-refractivity contribution in [3.8, 4) is 0 Å². The molecule has 1 heterocycles. The number of hydrogen-bond donors (Lipinski definition) is 0. The zero-order chi connectivity index (χ0) is 15.4. The van der Waals surface area contributed by atoms with E-state index in [1.54, 1.807) is 12.1 Å². The quantitative estimate of drug-likeness (QED) is 0.493. The van der Waals surface area contributed by atoms with E-state index in [0.29, 0.717) is 5.56 Å². The van der Waals surface area contributed by atoms with Crippen molar-refractivity contribution in [3.63, 3.8) is 0 Å². The molecular weight excluding hydrogens is 290 g/mol. The predicted octanol–water partition coefficient (Wildman–Crippen LogP) is 3.39. The van der Waals surface area contributed by atoms with Crippen LogP contribution in [-0.4, -0.2) is 23.3 Å². The molecular formula is C16H14ClNO3. The Kier molecular flexibility index (Phi) is 4.70. The van der Waals surface area contributed by atoms with Crippen LogP contribution in [0.2, 0.25) is 5.15 Å². The standard InChI is InChI=1S/C16H14ClNO3/c1-10-5-6-11(2)13(8-10)14(19)9-21-16(20)12-4-3-7-18-15(12)17/h3-8H,9H2,1-2H3. The molecule has 0 bridgehead atoms. The summed E-state index contributed by atoms with van der Waals surface area (Å²) >= 11 is 5.80. The Hall–Kier alpha value is -2.20. The molecule has 0 saturated heterocycles. The number of pyridine rings is 1. The lowest BCUT2D eigenvalue weighted by Crippen LogP contribution is -2.15. The van der Waals surface area contributed by atoms with Gasteiger partial charge in [0.15, 0.2) is 6.61 Å². The molecule has 0 aliphatic rings. The van der Waals surface area contributed by atoms with E-state index >= 15 is 0 Å². The molecule has 21 heavy (non-hydrogen) atoms. The van der Waals surface area contributed by atoms with Gasteiger partial charge in [0, 0.05) is 11.8 Å². The van der Waals surface area contributed by atoms with Crippen molar-refractivity contribution in [2.24, 2.45) is 0 Å². The highest BCUT2D eigenvalue weighted by molar-refractivity contribution is 6.32. The minimum Gasteiger partial charge on any atom is -0.454 e. The first-order chi connectivity index (χ1) is 9.99. The number of Topliss-reactive ketones (excluding diaryl/α,β-unsaturated/α-hetero) is 1. The molecule has 1 aromatic heterocycles. The number of ketones is 1. The molecule has 2 aromatic rings. The summed E-state index contributed by atoms with van der Waals surface area (Å²) in [6.45, 7) is 3.42. The van der Waals surface area contributed by atoms with Crippen molar-refractivity contribution in [2.45, 2.75) is 13.8 Å². The number of ether oxygens (including phenoxy) is 1. The van der Waals surface area contributed by atoms with Crippen molar-refractivity contribution < 1.29 is 14.3 Å². The van der Waals surface area contributed by atoms with Gasteiger partial charge in [0.1, 0.15) is 5.15 Å². The third-order valence-electron chi connectivity index (χ3n) is 3.01. The summed E-state index contributed by atoms with van der Waals surface area (Å²) in [6.07, 6.45) is 1.47. The molecule has 0 aliphatic heterocycles. The van der Waals surface area contributed by atoms with E-state index in [0.717, 1.165) is 11.1 Å². The number of hydrogen-bond acceptors (Lipinski definition) is 4. The first kappa shape index (κ1) is 15.2. The summed E-state index contributed by atoms with van der Waals surface area (Å²) in [5.74, 6) is -0.906. The second kappa shape index (κ2) is 6.50. The van der Waals surface area contributed by atoms with E-state index in [2.05, 4.69) is 4.98 Å². The summed E-state index contributed by atoms with van der Waals surface area (Å²) in [4.78, 5) is 27.8. The normalized spacial score (nSPS) is 10.2. The molecule has 5 heteroatoms. The van der Waals surface area contributed by atoms with Crippen LogP contribution >= 0.6 is 11.6 Å². The Morgan fingerprint density at radius 3 is 2.67 bits per heavy atom. The zero-order valence-corrected chi connectivity index (χ0v) is 12.5. The van der Waals surface area contributed by atoms with Crippen LogP contribution < -0.4 is 0 Å². The van der Waals surface area contributed by atoms with Crippen LogP contribution in [0.4, 0.5) is 0 Å². The average Bonchev–Trinajstić information content (AvgIpc) is 2.47. The van der Waals surface area contributed by atoms with Crippen LogP contribution in [0.15, 0.2) is 36.5 Å². The zero-order valence-electron chi connectivity index (χ0n) is 11.7. The van der Waals surface area contributed by atoms with E-state index in [-0.39, 0.29) is 23.1 Å². The Balaban J connectivity index is 2.06. The summed E-state index contributed by atoms with van der Waals surface area (Å²) in [5.41, 5.74) is 2.53. The molecule has 0 fully saturated rings. The molecule has 0 aliphatic carbocycles. The largest absolute Gasteiger partial charge is 0.454 e. The van der Waals surface area contributed by atoms with Crippen LogP contribution in [0, 0.1) is 13.8 Å². The minimum absolute atomic E-state index is 0.0571. The van der Waals surface area contributed by atoms with Crippen LogP contribution in [0.5, 0.6) is 0 Å². The number of halogens is 1. The van der Waals surface area contributed by atoms with Gasteiger partial charge < -0.3 is 4.74 Å². The Labute approximate surface area is 127 Å². The number of nitrogens with zero attached hydrogens (tertiary/aromatic N) is 1. The third kappa shape index (κ3) is 3.67. The maximum Gasteiger partial charge on any atom is 0.341 e. The Morgan fingerprint density at radius 2 is 1.95 bits per heavy atom. The molecule has 0 unspecified atom stereocenters. The lowest BCUT2D eigenvalue weighted by atomic mass is 10.0. The minimum atomic E-state index is -0.660. The first-order valence-electron chi connectivity index (χ1n) is 6.37. The van der Waals surface area contributed by atoms with Gasteiger partial charge in [0.25, 0.3) is 0 Å². The van der Waals surface area contributed by atoms with E-state index < -0.39 is 5.97 Å². The lowest BCUT2D eigenvalue weighted by Gasteiger charge is -2.08. The molecule has 0 spiro atoms. The number of aromatic nitrogens is 1. The van der Waals surface area contributed by atoms with Crippen LogP contribution in [0.3, 0.4) is 0 Å². The maximum absolute atomic E-state index is 12.1. The monoisotopic (exact) mass is 303 g/mol. The highest BCUT2D eigenvalue weighted by atomic mass is 35.5. The number of aryl methyl sites for hydroxylation is 2. The summed E-state index contributed by atoms with van der Waals surface area (Å²) < 4.78 is 5.01. The molecule has 1 aromatic carbocycles.